The summed E-state index contributed by atoms with van der Waals surface area (Å²) in [6.07, 6.45) is 1.61. The van der Waals surface area contributed by atoms with Crippen molar-refractivity contribution in [1.82, 2.24) is 14.7 Å². The molecule has 10 heteroatoms. The van der Waals surface area contributed by atoms with Gasteiger partial charge in [-0.1, -0.05) is 57.8 Å². The molecule has 204 valence electrons. The van der Waals surface area contributed by atoms with Crippen LogP contribution in [0.25, 0.3) is 5.69 Å². The summed E-state index contributed by atoms with van der Waals surface area (Å²) in [6, 6.07) is 13.8. The van der Waals surface area contributed by atoms with Crippen LogP contribution in [0.2, 0.25) is 5.02 Å². The van der Waals surface area contributed by atoms with Gasteiger partial charge < -0.3 is 25.0 Å². The molecule has 0 fully saturated rings. The normalized spacial score (nSPS) is 11.1. The number of ether oxygens (including phenoxy) is 2. The van der Waals surface area contributed by atoms with Crippen LogP contribution in [0.4, 0.5) is 16.3 Å². The van der Waals surface area contributed by atoms with Crippen molar-refractivity contribution in [3.8, 4) is 17.2 Å². The van der Waals surface area contributed by atoms with E-state index in [9.17, 15) is 9.59 Å². The molecule has 0 saturated heterocycles. The summed E-state index contributed by atoms with van der Waals surface area (Å²) in [5.41, 5.74) is 1.68. The standard InChI is InChI=1S/C28H36ClN5O4/c1-7-8-13-33(27(36)30-19-14-20(37-5)16-21(15-19)38-6)18-26(35)31-25-17-24(28(2,3)4)32-34(25)23-12-10-9-11-22(23)29/h9-12,14-17H,7-8,13,18H2,1-6H3,(H,30,36)(H,31,35). The van der Waals surface area contributed by atoms with Crippen molar-refractivity contribution in [2.75, 3.05) is 37.9 Å². The van der Waals surface area contributed by atoms with Gasteiger partial charge in [-0.3, -0.25) is 4.79 Å². The number of rotatable bonds is 10. The van der Waals surface area contributed by atoms with E-state index < -0.39 is 6.03 Å². The lowest BCUT2D eigenvalue weighted by Gasteiger charge is -2.23. The van der Waals surface area contributed by atoms with Crippen molar-refractivity contribution in [2.45, 2.75) is 46.0 Å². The highest BCUT2D eigenvalue weighted by molar-refractivity contribution is 6.32. The number of unbranched alkanes of at least 4 members (excludes halogenated alkanes) is 1. The van der Waals surface area contributed by atoms with Gasteiger partial charge in [0, 0.05) is 41.9 Å². The third-order valence-corrected chi connectivity index (χ3v) is 6.15. The average molecular weight is 542 g/mol. The predicted octanol–water partition coefficient (Wildman–Crippen LogP) is 6.11. The summed E-state index contributed by atoms with van der Waals surface area (Å²) in [5, 5.41) is 11.0. The summed E-state index contributed by atoms with van der Waals surface area (Å²) in [7, 11) is 3.08. The molecule has 1 heterocycles. The lowest BCUT2D eigenvalue weighted by atomic mass is 9.92. The lowest BCUT2D eigenvalue weighted by molar-refractivity contribution is -0.116. The number of hydrogen-bond acceptors (Lipinski definition) is 5. The van der Waals surface area contributed by atoms with Crippen LogP contribution < -0.4 is 20.1 Å². The number of urea groups is 1. The van der Waals surface area contributed by atoms with E-state index in [1.807, 2.05) is 52.0 Å². The van der Waals surface area contributed by atoms with E-state index in [1.165, 1.54) is 19.1 Å². The van der Waals surface area contributed by atoms with Crippen LogP contribution in [0, 0.1) is 0 Å². The highest BCUT2D eigenvalue weighted by Crippen LogP contribution is 2.29. The molecule has 1 aromatic heterocycles. The highest BCUT2D eigenvalue weighted by atomic mass is 35.5. The second-order valence-corrected chi connectivity index (χ2v) is 10.3. The molecule has 0 radical (unpaired) electrons. The Morgan fingerprint density at radius 3 is 2.26 bits per heavy atom. The van der Waals surface area contributed by atoms with Crippen LogP contribution in [0.1, 0.15) is 46.2 Å². The Labute approximate surface area is 229 Å². The zero-order chi connectivity index (χ0) is 27.9. The average Bonchev–Trinajstić information content (AvgIpc) is 3.30. The van der Waals surface area contributed by atoms with Gasteiger partial charge in [0.1, 0.15) is 23.9 Å². The molecular weight excluding hydrogens is 506 g/mol. The number of nitrogens with one attached hydrogen (secondary N) is 2. The largest absolute Gasteiger partial charge is 0.497 e. The first-order valence-electron chi connectivity index (χ1n) is 12.5. The van der Waals surface area contributed by atoms with E-state index in [4.69, 9.17) is 26.2 Å². The Kier molecular flexibility index (Phi) is 9.63. The Morgan fingerprint density at radius 2 is 1.68 bits per heavy atom. The zero-order valence-electron chi connectivity index (χ0n) is 22.8. The molecule has 9 nitrogen and oxygen atoms in total. The zero-order valence-corrected chi connectivity index (χ0v) is 23.6. The molecule has 0 atom stereocenters. The third-order valence-electron chi connectivity index (χ3n) is 5.83. The molecule has 0 bridgehead atoms. The molecule has 2 aromatic carbocycles. The van der Waals surface area contributed by atoms with Gasteiger partial charge in [-0.25, -0.2) is 9.48 Å². The Morgan fingerprint density at radius 1 is 1.03 bits per heavy atom. The number of para-hydroxylation sites is 1. The van der Waals surface area contributed by atoms with Gasteiger partial charge in [0.05, 0.1) is 30.6 Å². The van der Waals surface area contributed by atoms with Crippen molar-refractivity contribution in [3.63, 3.8) is 0 Å². The van der Waals surface area contributed by atoms with E-state index in [0.717, 1.165) is 18.5 Å². The van der Waals surface area contributed by atoms with Crippen LogP contribution in [0.15, 0.2) is 48.5 Å². The number of amides is 3. The maximum Gasteiger partial charge on any atom is 0.322 e. The summed E-state index contributed by atoms with van der Waals surface area (Å²) >= 11 is 6.44. The fourth-order valence-corrected chi connectivity index (χ4v) is 3.90. The maximum atomic E-state index is 13.2. The van der Waals surface area contributed by atoms with E-state index in [-0.39, 0.29) is 17.9 Å². The Hall–Kier alpha value is -3.72. The number of anilines is 2. The van der Waals surface area contributed by atoms with Crippen molar-refractivity contribution < 1.29 is 19.1 Å². The van der Waals surface area contributed by atoms with Crippen molar-refractivity contribution in [3.05, 3.63) is 59.2 Å². The van der Waals surface area contributed by atoms with Crippen LogP contribution in [-0.4, -0.2) is 53.9 Å². The van der Waals surface area contributed by atoms with E-state index in [0.29, 0.717) is 40.3 Å². The first-order chi connectivity index (χ1) is 18.0. The number of nitrogens with zero attached hydrogens (tertiary/aromatic N) is 3. The highest BCUT2D eigenvalue weighted by Gasteiger charge is 2.24. The van der Waals surface area contributed by atoms with Gasteiger partial charge >= 0.3 is 6.03 Å². The molecule has 2 N–H and O–H groups in total. The molecule has 38 heavy (non-hydrogen) atoms. The van der Waals surface area contributed by atoms with Gasteiger partial charge in [0.25, 0.3) is 0 Å². The van der Waals surface area contributed by atoms with E-state index >= 15 is 0 Å². The minimum absolute atomic E-state index is 0.147. The van der Waals surface area contributed by atoms with Crippen LogP contribution in [-0.2, 0) is 10.2 Å². The summed E-state index contributed by atoms with van der Waals surface area (Å²) in [6.45, 7) is 8.42. The second kappa shape index (κ2) is 12.7. The number of aromatic nitrogens is 2. The van der Waals surface area contributed by atoms with E-state index in [1.54, 1.807) is 28.9 Å². The molecule has 0 saturated carbocycles. The van der Waals surface area contributed by atoms with Gasteiger partial charge in [-0.05, 0) is 18.6 Å². The van der Waals surface area contributed by atoms with Crippen molar-refractivity contribution in [1.29, 1.82) is 0 Å². The van der Waals surface area contributed by atoms with Gasteiger partial charge in [-0.2, -0.15) is 5.10 Å². The summed E-state index contributed by atoms with van der Waals surface area (Å²) < 4.78 is 12.2. The number of carbonyl (C=O) groups is 2. The van der Waals surface area contributed by atoms with E-state index in [2.05, 4.69) is 10.6 Å². The fourth-order valence-electron chi connectivity index (χ4n) is 3.68. The monoisotopic (exact) mass is 541 g/mol. The fraction of sp³-hybridized carbons (Fsp3) is 0.393. The number of halogens is 1. The molecule has 3 aromatic rings. The SMILES string of the molecule is CCCCN(CC(=O)Nc1cc(C(C)(C)C)nn1-c1ccccc1Cl)C(=O)Nc1cc(OC)cc(OC)c1. The molecule has 0 aliphatic heterocycles. The second-order valence-electron chi connectivity index (χ2n) is 9.88. The minimum Gasteiger partial charge on any atom is -0.497 e. The van der Waals surface area contributed by atoms with Gasteiger partial charge in [-0.15, -0.1) is 0 Å². The minimum atomic E-state index is -0.404. The number of benzene rings is 2. The van der Waals surface area contributed by atoms with Crippen molar-refractivity contribution in [2.24, 2.45) is 0 Å². The summed E-state index contributed by atoms with van der Waals surface area (Å²) in [4.78, 5) is 27.9. The molecule has 0 unspecified atom stereocenters. The molecule has 3 amide bonds. The third kappa shape index (κ3) is 7.41. The van der Waals surface area contributed by atoms with Crippen LogP contribution in [0.5, 0.6) is 11.5 Å². The topological polar surface area (TPSA) is 97.7 Å². The van der Waals surface area contributed by atoms with Gasteiger partial charge in [0.2, 0.25) is 5.91 Å². The van der Waals surface area contributed by atoms with Crippen molar-refractivity contribution >= 4 is 35.0 Å². The smallest absolute Gasteiger partial charge is 0.322 e. The first-order valence-corrected chi connectivity index (χ1v) is 12.9. The quantitative estimate of drug-likeness (QED) is 0.322. The Balaban J connectivity index is 1.83. The lowest BCUT2D eigenvalue weighted by Crippen LogP contribution is -2.41. The van der Waals surface area contributed by atoms with Crippen LogP contribution >= 0.6 is 11.6 Å². The molecule has 3 rings (SSSR count). The number of methoxy groups -OCH3 is 2. The van der Waals surface area contributed by atoms with Gasteiger partial charge in [0.15, 0.2) is 0 Å². The van der Waals surface area contributed by atoms with Crippen LogP contribution in [0.3, 0.4) is 0 Å². The number of hydrogen-bond donors (Lipinski definition) is 2. The maximum absolute atomic E-state index is 13.2. The first kappa shape index (κ1) is 28.8. The molecular formula is C28H36ClN5O4. The predicted molar refractivity (Wildman–Crippen MR) is 151 cm³/mol. The summed E-state index contributed by atoms with van der Waals surface area (Å²) in [5.74, 6) is 1.20. The Bertz CT molecular complexity index is 1250. The molecule has 0 aliphatic rings. The number of carbonyl (C=O) groups excluding carboxylic acids is 2. The molecule has 0 spiro atoms. The molecule has 0 aliphatic carbocycles.